The quantitative estimate of drug-likeness (QED) is 0.424. The number of thioether (sulfide) groups is 1. The summed E-state index contributed by atoms with van der Waals surface area (Å²) in [7, 11) is 0. The minimum absolute atomic E-state index is 0.0927. The Hall–Kier alpha value is -2.47. The lowest BCUT2D eigenvalue weighted by atomic mass is 9.77. The fourth-order valence-electron chi connectivity index (χ4n) is 3.90. The highest BCUT2D eigenvalue weighted by Gasteiger charge is 2.49. The largest absolute Gasteiger partial charge is 0.368 e. The molecule has 3 aromatic rings. The molecule has 0 unspecified atom stereocenters. The van der Waals surface area contributed by atoms with Crippen molar-refractivity contribution in [3.05, 3.63) is 76.6 Å². The molecule has 29 heavy (non-hydrogen) atoms. The van der Waals surface area contributed by atoms with E-state index in [0.717, 1.165) is 23.4 Å². The van der Waals surface area contributed by atoms with Crippen LogP contribution in [0.25, 0.3) is 0 Å². The lowest BCUT2D eigenvalue weighted by Crippen LogP contribution is -2.38. The summed E-state index contributed by atoms with van der Waals surface area (Å²) in [5, 5.41) is 16.1. The van der Waals surface area contributed by atoms with Crippen molar-refractivity contribution in [2.75, 3.05) is 6.61 Å². The molecule has 9 heteroatoms. The van der Waals surface area contributed by atoms with Gasteiger partial charge in [0.25, 0.3) is 0 Å². The number of nitrogens with zero attached hydrogens (tertiary/aromatic N) is 4. The third kappa shape index (κ3) is 3.62. The SMILES string of the molecule is N#CSc1ncnn1C[C@@]1(c2ccc(F)cc2F)OCC[C@H]1c1ccccc1Cl. The van der Waals surface area contributed by atoms with E-state index in [1.807, 2.05) is 23.6 Å². The van der Waals surface area contributed by atoms with Crippen molar-refractivity contribution in [2.45, 2.75) is 29.6 Å². The number of hydrogen-bond donors (Lipinski definition) is 0. The van der Waals surface area contributed by atoms with Crippen LogP contribution in [-0.2, 0) is 16.9 Å². The van der Waals surface area contributed by atoms with Gasteiger partial charge >= 0.3 is 0 Å². The average molecular weight is 433 g/mol. The van der Waals surface area contributed by atoms with Crippen molar-refractivity contribution in [3.8, 4) is 5.40 Å². The van der Waals surface area contributed by atoms with E-state index in [0.29, 0.717) is 23.2 Å². The molecule has 2 heterocycles. The molecule has 1 aromatic heterocycles. The monoisotopic (exact) mass is 432 g/mol. The van der Waals surface area contributed by atoms with Crippen LogP contribution < -0.4 is 0 Å². The molecular formula is C20H15ClF2N4OS. The highest BCUT2D eigenvalue weighted by atomic mass is 35.5. The first-order valence-electron chi connectivity index (χ1n) is 8.83. The molecular weight excluding hydrogens is 418 g/mol. The summed E-state index contributed by atoms with van der Waals surface area (Å²) in [5.74, 6) is -1.69. The molecule has 0 amide bonds. The zero-order valence-electron chi connectivity index (χ0n) is 15.1. The predicted octanol–water partition coefficient (Wildman–Crippen LogP) is 4.88. The Labute approximate surface area is 175 Å². The van der Waals surface area contributed by atoms with Gasteiger partial charge in [-0.2, -0.15) is 10.4 Å². The van der Waals surface area contributed by atoms with Crippen molar-refractivity contribution in [1.82, 2.24) is 14.8 Å². The smallest absolute Gasteiger partial charge is 0.200 e. The summed E-state index contributed by atoms with van der Waals surface area (Å²) in [6, 6.07) is 10.8. The molecule has 0 radical (unpaired) electrons. The molecule has 5 nitrogen and oxygen atoms in total. The molecule has 4 rings (SSSR count). The lowest BCUT2D eigenvalue weighted by molar-refractivity contribution is -0.0318. The Kier molecular flexibility index (Phi) is 5.54. The molecule has 1 saturated heterocycles. The van der Waals surface area contributed by atoms with E-state index < -0.39 is 17.2 Å². The van der Waals surface area contributed by atoms with Crippen LogP contribution in [0.4, 0.5) is 8.78 Å². The molecule has 0 saturated carbocycles. The molecule has 1 fully saturated rings. The van der Waals surface area contributed by atoms with Crippen LogP contribution in [0.15, 0.2) is 53.9 Å². The third-order valence-electron chi connectivity index (χ3n) is 5.10. The molecule has 1 aliphatic rings. The van der Waals surface area contributed by atoms with Crippen molar-refractivity contribution >= 4 is 23.4 Å². The highest BCUT2D eigenvalue weighted by Crippen LogP contribution is 2.50. The van der Waals surface area contributed by atoms with Gasteiger partial charge in [0.2, 0.25) is 5.16 Å². The normalized spacial score (nSPS) is 21.2. The Bertz CT molecular complexity index is 1090. The van der Waals surface area contributed by atoms with Gasteiger partial charge in [-0.25, -0.2) is 18.4 Å². The van der Waals surface area contributed by atoms with E-state index in [9.17, 15) is 8.78 Å². The first-order valence-corrected chi connectivity index (χ1v) is 10.0. The number of ether oxygens (including phenoxy) is 1. The Balaban J connectivity index is 1.88. The number of halogens is 3. The van der Waals surface area contributed by atoms with Gasteiger partial charge in [-0.3, -0.25) is 0 Å². The van der Waals surface area contributed by atoms with Gasteiger partial charge in [0.1, 0.15) is 29.0 Å². The van der Waals surface area contributed by atoms with Crippen LogP contribution in [0.2, 0.25) is 5.02 Å². The Morgan fingerprint density at radius 3 is 2.90 bits per heavy atom. The number of hydrogen-bond acceptors (Lipinski definition) is 5. The molecule has 1 aliphatic heterocycles. The molecule has 0 N–H and O–H groups in total. The van der Waals surface area contributed by atoms with E-state index in [1.165, 1.54) is 23.1 Å². The van der Waals surface area contributed by atoms with Crippen molar-refractivity contribution in [3.63, 3.8) is 0 Å². The summed E-state index contributed by atoms with van der Waals surface area (Å²) in [5.41, 5.74) is -0.170. The summed E-state index contributed by atoms with van der Waals surface area (Å²) in [6.07, 6.45) is 1.92. The van der Waals surface area contributed by atoms with Gasteiger partial charge in [0, 0.05) is 40.9 Å². The summed E-state index contributed by atoms with van der Waals surface area (Å²) in [6.45, 7) is 0.456. The topological polar surface area (TPSA) is 63.7 Å². The Morgan fingerprint density at radius 2 is 2.14 bits per heavy atom. The van der Waals surface area contributed by atoms with Crippen molar-refractivity contribution < 1.29 is 13.5 Å². The summed E-state index contributed by atoms with van der Waals surface area (Å²) >= 11 is 7.31. The number of benzene rings is 2. The molecule has 0 aliphatic carbocycles. The van der Waals surface area contributed by atoms with Crippen LogP contribution in [0.5, 0.6) is 0 Å². The number of rotatable bonds is 5. The number of thiocyanates is 1. The second-order valence-corrected chi connectivity index (χ2v) is 7.78. The molecule has 148 valence electrons. The highest BCUT2D eigenvalue weighted by molar-refractivity contribution is 8.03. The van der Waals surface area contributed by atoms with Gasteiger partial charge in [0.15, 0.2) is 0 Å². The van der Waals surface area contributed by atoms with Crippen LogP contribution in [0, 0.1) is 22.3 Å². The molecule has 2 atom stereocenters. The minimum atomic E-state index is -1.19. The maximum atomic E-state index is 15.0. The second-order valence-electron chi connectivity index (χ2n) is 6.62. The van der Waals surface area contributed by atoms with E-state index in [-0.39, 0.29) is 18.0 Å². The van der Waals surface area contributed by atoms with Gasteiger partial charge < -0.3 is 4.74 Å². The van der Waals surface area contributed by atoms with Gasteiger partial charge in [-0.15, -0.1) is 0 Å². The maximum absolute atomic E-state index is 15.0. The molecule has 2 aromatic carbocycles. The number of nitriles is 1. The standard InChI is InChI=1S/C20H15ClF2N4OS/c21-17-4-2-1-3-14(17)15-7-8-28-20(15,16-6-5-13(22)9-18(16)23)10-27-19(29-11-24)25-12-26-27/h1-6,9,12,15H,7-8,10H2/t15-,20+/m0/s1. The number of aromatic nitrogens is 3. The fourth-order valence-corrected chi connectivity index (χ4v) is 4.57. The fraction of sp³-hybridized carbons (Fsp3) is 0.250. The second kappa shape index (κ2) is 8.11. The zero-order chi connectivity index (χ0) is 20.4. The predicted molar refractivity (Wildman–Crippen MR) is 104 cm³/mol. The molecule has 0 spiro atoms. The maximum Gasteiger partial charge on any atom is 0.200 e. The van der Waals surface area contributed by atoms with Gasteiger partial charge in [-0.05, 0) is 24.1 Å². The molecule has 0 bridgehead atoms. The van der Waals surface area contributed by atoms with Gasteiger partial charge in [-0.1, -0.05) is 35.9 Å². The van der Waals surface area contributed by atoms with Crippen LogP contribution in [-0.4, -0.2) is 21.4 Å². The first-order chi connectivity index (χ1) is 14.0. The Morgan fingerprint density at radius 1 is 1.31 bits per heavy atom. The lowest BCUT2D eigenvalue weighted by Gasteiger charge is -2.36. The van der Waals surface area contributed by atoms with E-state index in [1.54, 1.807) is 6.07 Å². The van der Waals surface area contributed by atoms with Crippen LogP contribution in [0.1, 0.15) is 23.5 Å². The summed E-state index contributed by atoms with van der Waals surface area (Å²) < 4.78 is 36.3. The zero-order valence-corrected chi connectivity index (χ0v) is 16.6. The van der Waals surface area contributed by atoms with Crippen LogP contribution in [0.3, 0.4) is 0 Å². The van der Waals surface area contributed by atoms with Crippen molar-refractivity contribution in [2.24, 2.45) is 0 Å². The first kappa shape index (κ1) is 19.8. The third-order valence-corrected chi connectivity index (χ3v) is 6.03. The van der Waals surface area contributed by atoms with Crippen LogP contribution >= 0.6 is 23.4 Å². The van der Waals surface area contributed by atoms with E-state index in [2.05, 4.69) is 10.1 Å². The van der Waals surface area contributed by atoms with E-state index in [4.69, 9.17) is 21.6 Å². The minimum Gasteiger partial charge on any atom is -0.368 e. The van der Waals surface area contributed by atoms with E-state index >= 15 is 0 Å². The summed E-state index contributed by atoms with van der Waals surface area (Å²) in [4.78, 5) is 4.08. The van der Waals surface area contributed by atoms with Gasteiger partial charge in [0.05, 0.1) is 6.54 Å². The van der Waals surface area contributed by atoms with Crippen molar-refractivity contribution in [1.29, 1.82) is 5.26 Å². The average Bonchev–Trinajstić information content (AvgIpc) is 3.30.